The van der Waals surface area contributed by atoms with Crippen molar-refractivity contribution in [1.29, 1.82) is 0 Å². The predicted octanol–water partition coefficient (Wildman–Crippen LogP) is 1.14. The quantitative estimate of drug-likeness (QED) is 0.259. The third-order valence-electron chi connectivity index (χ3n) is 3.32. The van der Waals surface area contributed by atoms with Crippen molar-refractivity contribution in [2.75, 3.05) is 24.6 Å². The van der Waals surface area contributed by atoms with Crippen molar-refractivity contribution >= 4 is 11.4 Å². The number of phenolic OH excluding ortho intramolecular Hbond substituents is 2. The second-order valence-corrected chi connectivity index (χ2v) is 5.13. The van der Waals surface area contributed by atoms with Crippen LogP contribution in [0.15, 0.2) is 36.4 Å². The fraction of sp³-hybridized carbons (Fsp3) is 0.250. The molecule has 0 aliphatic heterocycles. The van der Waals surface area contributed by atoms with E-state index in [2.05, 4.69) is 10.6 Å². The molecule has 8 N–H and O–H groups in total. The molecule has 0 saturated carbocycles. The van der Waals surface area contributed by atoms with Gasteiger partial charge in [-0.15, -0.1) is 0 Å². The van der Waals surface area contributed by atoms with Crippen LogP contribution in [0.25, 0.3) is 0 Å². The average Bonchev–Trinajstić information content (AvgIpc) is 2.49. The minimum Gasteiger partial charge on any atom is -0.508 e. The van der Waals surface area contributed by atoms with Crippen LogP contribution in [0.1, 0.15) is 11.1 Å². The van der Waals surface area contributed by atoms with Gasteiger partial charge in [-0.25, -0.2) is 0 Å². The maximum Gasteiger partial charge on any atom is 0.120 e. The van der Waals surface area contributed by atoms with Gasteiger partial charge >= 0.3 is 0 Å². The number of phenols is 2. The maximum atomic E-state index is 9.69. The van der Waals surface area contributed by atoms with Crippen molar-refractivity contribution in [2.24, 2.45) is 0 Å². The second kappa shape index (κ2) is 7.53. The molecule has 2 aromatic rings. The molecule has 0 radical (unpaired) electrons. The largest absolute Gasteiger partial charge is 0.508 e. The normalized spacial score (nSPS) is 10.7. The van der Waals surface area contributed by atoms with Crippen LogP contribution >= 0.6 is 0 Å². The zero-order valence-electron chi connectivity index (χ0n) is 12.3. The molecule has 0 spiro atoms. The Balaban J connectivity index is 1.69. The first-order valence-electron chi connectivity index (χ1n) is 7.12. The van der Waals surface area contributed by atoms with E-state index in [0.29, 0.717) is 24.5 Å². The monoisotopic (exact) mass is 302 g/mol. The van der Waals surface area contributed by atoms with Gasteiger partial charge in [0.25, 0.3) is 0 Å². The zero-order chi connectivity index (χ0) is 15.9. The summed E-state index contributed by atoms with van der Waals surface area (Å²) in [6.45, 7) is 2.53. The number of nitrogen functional groups attached to an aromatic ring is 2. The molecule has 2 aromatic carbocycles. The molecule has 0 heterocycles. The van der Waals surface area contributed by atoms with Gasteiger partial charge in [0.05, 0.1) is 0 Å². The fourth-order valence-corrected chi connectivity index (χ4v) is 2.12. The van der Waals surface area contributed by atoms with Gasteiger partial charge in [0.2, 0.25) is 0 Å². The zero-order valence-corrected chi connectivity index (χ0v) is 12.3. The molecule has 0 aromatic heterocycles. The fourth-order valence-electron chi connectivity index (χ4n) is 2.12. The van der Waals surface area contributed by atoms with Crippen LogP contribution in [0.3, 0.4) is 0 Å². The molecule has 0 unspecified atom stereocenters. The van der Waals surface area contributed by atoms with Crippen LogP contribution in [0.2, 0.25) is 0 Å². The SMILES string of the molecule is Nc1ccc(O)c(CNCCNCc2cc(N)ccc2O)c1. The van der Waals surface area contributed by atoms with Crippen molar-refractivity contribution in [3.63, 3.8) is 0 Å². The van der Waals surface area contributed by atoms with E-state index in [-0.39, 0.29) is 11.5 Å². The van der Waals surface area contributed by atoms with Gasteiger partial charge in [0, 0.05) is 48.7 Å². The summed E-state index contributed by atoms with van der Waals surface area (Å²) < 4.78 is 0. The van der Waals surface area contributed by atoms with Crippen LogP contribution in [0.5, 0.6) is 11.5 Å². The Morgan fingerprint density at radius 3 is 1.55 bits per heavy atom. The summed E-state index contributed by atoms with van der Waals surface area (Å²) >= 11 is 0. The molecule has 0 amide bonds. The van der Waals surface area contributed by atoms with E-state index in [9.17, 15) is 10.2 Å². The molecule has 0 aliphatic rings. The average molecular weight is 302 g/mol. The molecule has 6 nitrogen and oxygen atoms in total. The first-order chi connectivity index (χ1) is 10.6. The van der Waals surface area contributed by atoms with Crippen molar-refractivity contribution in [3.05, 3.63) is 47.5 Å². The topological polar surface area (TPSA) is 117 Å². The Morgan fingerprint density at radius 2 is 1.14 bits per heavy atom. The van der Waals surface area contributed by atoms with Gasteiger partial charge < -0.3 is 32.3 Å². The molecule has 0 fully saturated rings. The third-order valence-corrected chi connectivity index (χ3v) is 3.32. The third kappa shape index (κ3) is 4.54. The van der Waals surface area contributed by atoms with E-state index in [1.165, 1.54) is 0 Å². The van der Waals surface area contributed by atoms with Gasteiger partial charge in [-0.1, -0.05) is 0 Å². The second-order valence-electron chi connectivity index (χ2n) is 5.13. The summed E-state index contributed by atoms with van der Waals surface area (Å²) in [5.74, 6) is 0.471. The lowest BCUT2D eigenvalue weighted by Gasteiger charge is -2.10. The number of anilines is 2. The van der Waals surface area contributed by atoms with Crippen molar-refractivity contribution in [1.82, 2.24) is 10.6 Å². The highest BCUT2D eigenvalue weighted by Gasteiger charge is 2.02. The molecule has 0 saturated heterocycles. The molecule has 2 rings (SSSR count). The number of hydrogen-bond donors (Lipinski definition) is 6. The first-order valence-corrected chi connectivity index (χ1v) is 7.12. The molecule has 0 atom stereocenters. The van der Waals surface area contributed by atoms with Gasteiger partial charge in [0.1, 0.15) is 11.5 Å². The van der Waals surface area contributed by atoms with E-state index in [1.807, 2.05) is 0 Å². The number of aromatic hydroxyl groups is 2. The van der Waals surface area contributed by atoms with E-state index in [0.717, 1.165) is 24.2 Å². The van der Waals surface area contributed by atoms with Crippen molar-refractivity contribution in [3.8, 4) is 11.5 Å². The van der Waals surface area contributed by atoms with Gasteiger partial charge in [0.15, 0.2) is 0 Å². The standard InChI is InChI=1S/C16H22N4O2/c17-13-1-3-15(21)11(7-13)9-19-5-6-20-10-12-8-14(18)2-4-16(12)22/h1-4,7-8,19-22H,5-6,9-10,17-18H2. The van der Waals surface area contributed by atoms with E-state index in [4.69, 9.17) is 11.5 Å². The van der Waals surface area contributed by atoms with Crippen LogP contribution in [0.4, 0.5) is 11.4 Å². The Labute approximate surface area is 129 Å². The smallest absolute Gasteiger partial charge is 0.120 e. The summed E-state index contributed by atoms with van der Waals surface area (Å²) in [7, 11) is 0. The van der Waals surface area contributed by atoms with Crippen LogP contribution < -0.4 is 22.1 Å². The van der Waals surface area contributed by atoms with Crippen LogP contribution in [0, 0.1) is 0 Å². The Kier molecular flexibility index (Phi) is 5.46. The van der Waals surface area contributed by atoms with Crippen molar-refractivity contribution in [2.45, 2.75) is 13.1 Å². The lowest BCUT2D eigenvalue weighted by molar-refractivity contribution is 0.461. The Hall–Kier alpha value is -2.44. The summed E-state index contributed by atoms with van der Waals surface area (Å²) in [5, 5.41) is 25.8. The highest BCUT2D eigenvalue weighted by molar-refractivity contribution is 5.47. The van der Waals surface area contributed by atoms with Crippen LogP contribution in [-0.4, -0.2) is 23.3 Å². The van der Waals surface area contributed by atoms with E-state index >= 15 is 0 Å². The Morgan fingerprint density at radius 1 is 0.727 bits per heavy atom. The molecule has 6 heteroatoms. The summed E-state index contributed by atoms with van der Waals surface area (Å²) in [5.41, 5.74) is 14.2. The number of benzene rings is 2. The lowest BCUT2D eigenvalue weighted by atomic mass is 10.1. The predicted molar refractivity (Wildman–Crippen MR) is 88.5 cm³/mol. The van der Waals surface area contributed by atoms with Gasteiger partial charge in [-0.05, 0) is 36.4 Å². The molecule has 0 bridgehead atoms. The summed E-state index contributed by atoms with van der Waals surface area (Å²) in [4.78, 5) is 0. The highest BCUT2D eigenvalue weighted by Crippen LogP contribution is 2.20. The molecule has 22 heavy (non-hydrogen) atoms. The van der Waals surface area contributed by atoms with Crippen LogP contribution in [-0.2, 0) is 13.1 Å². The number of nitrogens with one attached hydrogen (secondary N) is 2. The highest BCUT2D eigenvalue weighted by atomic mass is 16.3. The van der Waals surface area contributed by atoms with Gasteiger partial charge in [-0.2, -0.15) is 0 Å². The summed E-state index contributed by atoms with van der Waals surface area (Å²) in [6, 6.07) is 10.0. The molecule has 0 aliphatic carbocycles. The van der Waals surface area contributed by atoms with E-state index in [1.54, 1.807) is 36.4 Å². The minimum atomic E-state index is 0.236. The molecular weight excluding hydrogens is 280 g/mol. The Bertz CT molecular complexity index is 576. The van der Waals surface area contributed by atoms with Gasteiger partial charge in [-0.3, -0.25) is 0 Å². The maximum absolute atomic E-state index is 9.69. The van der Waals surface area contributed by atoms with Crippen molar-refractivity contribution < 1.29 is 10.2 Å². The first kappa shape index (κ1) is 15.9. The molecule has 118 valence electrons. The molecular formula is C16H22N4O2. The number of hydrogen-bond acceptors (Lipinski definition) is 6. The number of rotatable bonds is 7. The summed E-state index contributed by atoms with van der Waals surface area (Å²) in [6.07, 6.45) is 0. The van der Waals surface area contributed by atoms with E-state index < -0.39 is 0 Å². The lowest BCUT2D eigenvalue weighted by Crippen LogP contribution is -2.26. The minimum absolute atomic E-state index is 0.236. The number of nitrogens with two attached hydrogens (primary N) is 2.